The van der Waals surface area contributed by atoms with E-state index in [1.165, 1.54) is 58.5 Å². The van der Waals surface area contributed by atoms with E-state index in [-0.39, 0.29) is 6.04 Å². The van der Waals surface area contributed by atoms with Crippen LogP contribution in [0.2, 0.25) is 0 Å². The van der Waals surface area contributed by atoms with E-state index < -0.39 is 0 Å². The lowest BCUT2D eigenvalue weighted by Gasteiger charge is -2.25. The standard InChI is InChI=1S/C32H19N3S/c1-2-7-18(8-3-1)19-13-14-23-24(17-19)34-32-30(33-23)22-11-6-10-21-28-25(35(32)31(21)22)15-16-27-29(28)20-9-4-5-12-26(20)36-27/h1-17,23,33H. The number of hydrogen-bond acceptors (Lipinski definition) is 3. The fourth-order valence-electron chi connectivity index (χ4n) is 6.18. The number of benzene rings is 4. The number of para-hydroxylation sites is 1. The van der Waals surface area contributed by atoms with Gasteiger partial charge in [0.15, 0.2) is 5.82 Å². The monoisotopic (exact) mass is 477 g/mol. The summed E-state index contributed by atoms with van der Waals surface area (Å²) in [5, 5.41) is 10.4. The number of fused-ring (bicyclic) bond motifs is 11. The molecule has 1 N–H and O–H groups in total. The third kappa shape index (κ3) is 2.30. The molecule has 0 saturated heterocycles. The van der Waals surface area contributed by atoms with Crippen LogP contribution in [0.1, 0.15) is 5.56 Å². The second-order valence-corrected chi connectivity index (χ2v) is 10.7. The molecule has 2 aliphatic rings. The summed E-state index contributed by atoms with van der Waals surface area (Å²) < 4.78 is 5.05. The molecule has 0 amide bonds. The molecule has 0 spiro atoms. The van der Waals surface area contributed by atoms with E-state index in [0.717, 1.165) is 17.2 Å². The molecular weight excluding hydrogens is 458 g/mol. The van der Waals surface area contributed by atoms with Crippen molar-refractivity contribution in [2.45, 2.75) is 6.04 Å². The van der Waals surface area contributed by atoms with Crippen LogP contribution in [0, 0.1) is 0 Å². The van der Waals surface area contributed by atoms with Crippen molar-refractivity contribution < 1.29 is 0 Å². The number of rotatable bonds is 1. The molecule has 1 atom stereocenters. The van der Waals surface area contributed by atoms with E-state index >= 15 is 0 Å². The quantitative estimate of drug-likeness (QED) is 0.252. The Kier molecular flexibility index (Phi) is 3.47. The highest BCUT2D eigenvalue weighted by Crippen LogP contribution is 2.49. The van der Waals surface area contributed by atoms with Gasteiger partial charge < -0.3 is 5.32 Å². The summed E-state index contributed by atoms with van der Waals surface area (Å²) in [5.41, 5.74) is 7.07. The fraction of sp³-hybridized carbons (Fsp3) is 0.0312. The Morgan fingerprint density at radius 1 is 0.750 bits per heavy atom. The lowest BCUT2D eigenvalue weighted by molar-refractivity contribution is 1.11. The van der Waals surface area contributed by atoms with Gasteiger partial charge in [0.2, 0.25) is 0 Å². The van der Waals surface area contributed by atoms with Crippen molar-refractivity contribution >= 4 is 81.5 Å². The molecule has 0 fully saturated rings. The minimum Gasteiger partial charge on any atom is -0.370 e. The van der Waals surface area contributed by atoms with Gasteiger partial charge >= 0.3 is 0 Å². The Morgan fingerprint density at radius 2 is 1.58 bits per heavy atom. The van der Waals surface area contributed by atoms with Crippen LogP contribution in [0.5, 0.6) is 0 Å². The van der Waals surface area contributed by atoms with Gasteiger partial charge in [0.05, 0.1) is 28.5 Å². The summed E-state index contributed by atoms with van der Waals surface area (Å²) >= 11 is 1.88. The molecule has 1 unspecified atom stereocenters. The molecule has 4 heterocycles. The van der Waals surface area contributed by atoms with Crippen molar-refractivity contribution in [2.24, 2.45) is 4.99 Å². The maximum absolute atomic E-state index is 5.31. The smallest absolute Gasteiger partial charge is 0.162 e. The van der Waals surface area contributed by atoms with Gasteiger partial charge in [-0.2, -0.15) is 0 Å². The molecule has 7 aromatic rings. The molecule has 4 heteroatoms. The van der Waals surface area contributed by atoms with Crippen LogP contribution < -0.4 is 5.32 Å². The van der Waals surface area contributed by atoms with Crippen molar-refractivity contribution in [2.75, 3.05) is 5.32 Å². The van der Waals surface area contributed by atoms with Crippen molar-refractivity contribution in [3.05, 3.63) is 109 Å². The third-order valence-corrected chi connectivity index (χ3v) is 8.86. The number of aromatic nitrogens is 1. The first-order valence-corrected chi connectivity index (χ1v) is 13.1. The average molecular weight is 478 g/mol. The summed E-state index contributed by atoms with van der Waals surface area (Å²) in [6.07, 6.45) is 6.67. The maximum Gasteiger partial charge on any atom is 0.162 e. The summed E-state index contributed by atoms with van der Waals surface area (Å²) in [6, 6.07) is 30.6. The number of allylic oxidation sites excluding steroid dienone is 2. The summed E-state index contributed by atoms with van der Waals surface area (Å²) in [7, 11) is 0. The van der Waals surface area contributed by atoms with Crippen LogP contribution in [0.4, 0.5) is 11.5 Å². The molecule has 168 valence electrons. The summed E-state index contributed by atoms with van der Waals surface area (Å²) in [6.45, 7) is 0. The Balaban J connectivity index is 1.38. The molecule has 3 aromatic heterocycles. The van der Waals surface area contributed by atoms with Gasteiger partial charge in [0.1, 0.15) is 0 Å². The predicted octanol–water partition coefficient (Wildman–Crippen LogP) is 8.57. The number of thiophene rings is 1. The van der Waals surface area contributed by atoms with Gasteiger partial charge in [0, 0.05) is 36.3 Å². The van der Waals surface area contributed by atoms with Crippen LogP contribution in [-0.2, 0) is 0 Å². The van der Waals surface area contributed by atoms with E-state index in [0.29, 0.717) is 0 Å². The zero-order valence-electron chi connectivity index (χ0n) is 19.2. The normalized spacial score (nSPS) is 17.1. The van der Waals surface area contributed by atoms with Gasteiger partial charge in [-0.15, -0.1) is 11.3 Å². The first kappa shape index (κ1) is 18.9. The lowest BCUT2D eigenvalue weighted by atomic mass is 9.94. The zero-order chi connectivity index (χ0) is 23.4. The van der Waals surface area contributed by atoms with Crippen molar-refractivity contribution in [3.63, 3.8) is 0 Å². The minimum atomic E-state index is 0.0786. The van der Waals surface area contributed by atoms with E-state index in [1.807, 2.05) is 11.3 Å². The van der Waals surface area contributed by atoms with E-state index in [2.05, 4.69) is 113 Å². The highest BCUT2D eigenvalue weighted by atomic mass is 32.1. The lowest BCUT2D eigenvalue weighted by Crippen LogP contribution is -2.30. The Labute approximate surface area is 210 Å². The van der Waals surface area contributed by atoms with Gasteiger partial charge in [-0.1, -0.05) is 78.9 Å². The molecule has 36 heavy (non-hydrogen) atoms. The molecule has 0 saturated carbocycles. The third-order valence-electron chi connectivity index (χ3n) is 7.73. The van der Waals surface area contributed by atoms with Crippen molar-refractivity contribution in [1.82, 2.24) is 4.40 Å². The molecule has 4 aromatic carbocycles. The van der Waals surface area contributed by atoms with Crippen LogP contribution in [0.3, 0.4) is 0 Å². The van der Waals surface area contributed by atoms with Gasteiger partial charge in [0.25, 0.3) is 0 Å². The molecule has 3 nitrogen and oxygen atoms in total. The number of hydrogen-bond donors (Lipinski definition) is 1. The Morgan fingerprint density at radius 3 is 2.53 bits per heavy atom. The van der Waals surface area contributed by atoms with E-state index in [1.54, 1.807) is 0 Å². The fourth-order valence-corrected chi connectivity index (χ4v) is 7.29. The van der Waals surface area contributed by atoms with Crippen LogP contribution in [-0.4, -0.2) is 16.2 Å². The largest absolute Gasteiger partial charge is 0.370 e. The number of nitrogens with zero attached hydrogens (tertiary/aromatic N) is 2. The SMILES string of the molecule is C1=CC2Nc3c(n4c5ccc6sc7ccccc7c6c5c5cccc3c54)N=C2C=C1c1ccccc1. The molecule has 1 aliphatic carbocycles. The molecular formula is C32H19N3S. The number of aliphatic imine (C=N–C) groups is 1. The van der Waals surface area contributed by atoms with Gasteiger partial charge in [-0.25, -0.2) is 4.99 Å². The first-order chi connectivity index (χ1) is 17.8. The van der Waals surface area contributed by atoms with Crippen molar-refractivity contribution in [3.8, 4) is 0 Å². The van der Waals surface area contributed by atoms with E-state index in [9.17, 15) is 0 Å². The van der Waals surface area contributed by atoms with E-state index in [4.69, 9.17) is 4.99 Å². The molecule has 0 bridgehead atoms. The number of anilines is 1. The average Bonchev–Trinajstić information content (AvgIpc) is 3.58. The second-order valence-electron chi connectivity index (χ2n) is 9.65. The second kappa shape index (κ2) is 6.62. The van der Waals surface area contributed by atoms with Gasteiger partial charge in [-0.3, -0.25) is 4.40 Å². The Bertz CT molecular complexity index is 2120. The van der Waals surface area contributed by atoms with Crippen LogP contribution in [0.25, 0.3) is 52.9 Å². The van der Waals surface area contributed by atoms with Crippen LogP contribution >= 0.6 is 11.3 Å². The minimum absolute atomic E-state index is 0.0786. The molecule has 9 rings (SSSR count). The zero-order valence-corrected chi connectivity index (χ0v) is 20.0. The summed E-state index contributed by atoms with van der Waals surface area (Å²) in [5.74, 6) is 1.00. The predicted molar refractivity (Wildman–Crippen MR) is 155 cm³/mol. The topological polar surface area (TPSA) is 28.8 Å². The maximum atomic E-state index is 5.31. The van der Waals surface area contributed by atoms with Crippen LogP contribution in [0.15, 0.2) is 108 Å². The summed E-state index contributed by atoms with van der Waals surface area (Å²) in [4.78, 5) is 5.31. The van der Waals surface area contributed by atoms with Gasteiger partial charge in [-0.05, 0) is 35.4 Å². The molecule has 0 radical (unpaired) electrons. The highest BCUT2D eigenvalue weighted by Gasteiger charge is 2.29. The first-order valence-electron chi connectivity index (χ1n) is 12.3. The van der Waals surface area contributed by atoms with Crippen molar-refractivity contribution in [1.29, 1.82) is 0 Å². The highest BCUT2D eigenvalue weighted by molar-refractivity contribution is 7.26. The molecule has 1 aliphatic heterocycles. The number of nitrogens with one attached hydrogen (secondary N) is 1. The Hall–Kier alpha value is -4.41.